The van der Waals surface area contributed by atoms with Crippen LogP contribution in [0.5, 0.6) is 11.5 Å². The van der Waals surface area contributed by atoms with Crippen LogP contribution in [0.15, 0.2) is 23.3 Å². The molecule has 1 heterocycles. The molecule has 0 spiro atoms. The second-order valence-electron chi connectivity index (χ2n) is 4.05. The van der Waals surface area contributed by atoms with Gasteiger partial charge in [0.1, 0.15) is 0 Å². The van der Waals surface area contributed by atoms with Crippen molar-refractivity contribution in [3.05, 3.63) is 34.2 Å². The van der Waals surface area contributed by atoms with Crippen molar-refractivity contribution in [2.24, 2.45) is 5.11 Å². The molecule has 0 amide bonds. The Labute approximate surface area is 105 Å². The van der Waals surface area contributed by atoms with Gasteiger partial charge in [-0.2, -0.15) is 0 Å². The van der Waals surface area contributed by atoms with Gasteiger partial charge in [0, 0.05) is 11.5 Å². The van der Waals surface area contributed by atoms with E-state index < -0.39 is 0 Å². The van der Waals surface area contributed by atoms with Crippen molar-refractivity contribution in [3.63, 3.8) is 0 Å². The van der Waals surface area contributed by atoms with Crippen LogP contribution in [0, 0.1) is 0 Å². The van der Waals surface area contributed by atoms with E-state index in [1.165, 1.54) is 0 Å². The topological polar surface area (TPSA) is 87.5 Å². The van der Waals surface area contributed by atoms with E-state index >= 15 is 0 Å². The van der Waals surface area contributed by atoms with Gasteiger partial charge < -0.3 is 14.6 Å². The summed E-state index contributed by atoms with van der Waals surface area (Å²) in [4.78, 5) is 2.88. The molecule has 6 nitrogen and oxygen atoms in total. The number of ether oxygens (including phenoxy) is 2. The van der Waals surface area contributed by atoms with E-state index in [1.807, 2.05) is 18.2 Å². The summed E-state index contributed by atoms with van der Waals surface area (Å²) in [5, 5.41) is 12.6. The number of hydrogen-bond donors (Lipinski definition) is 1. The molecular weight excluding hydrogens is 234 g/mol. The third kappa shape index (κ3) is 2.85. The van der Waals surface area contributed by atoms with E-state index in [0.717, 1.165) is 12.0 Å². The van der Waals surface area contributed by atoms with Gasteiger partial charge in [-0.3, -0.25) is 0 Å². The molecular formula is C12H15N3O3. The number of aliphatic hydroxyl groups excluding tert-OH is 1. The average Bonchev–Trinajstić information content (AvgIpc) is 2.85. The summed E-state index contributed by atoms with van der Waals surface area (Å²) in [7, 11) is 0. The van der Waals surface area contributed by atoms with Gasteiger partial charge in [-0.1, -0.05) is 17.6 Å². The second kappa shape index (κ2) is 6.14. The maximum absolute atomic E-state index is 8.77. The van der Waals surface area contributed by atoms with Crippen LogP contribution in [-0.4, -0.2) is 18.5 Å². The average molecular weight is 249 g/mol. The van der Waals surface area contributed by atoms with E-state index in [2.05, 4.69) is 10.0 Å². The van der Waals surface area contributed by atoms with Gasteiger partial charge in [0.05, 0.1) is 6.04 Å². The lowest BCUT2D eigenvalue weighted by atomic mass is 10.0. The summed E-state index contributed by atoms with van der Waals surface area (Å²) < 4.78 is 10.5. The molecule has 0 radical (unpaired) electrons. The molecule has 0 aliphatic carbocycles. The third-order valence-corrected chi connectivity index (χ3v) is 2.86. The van der Waals surface area contributed by atoms with Crippen LogP contribution in [0.3, 0.4) is 0 Å². The van der Waals surface area contributed by atoms with Crippen LogP contribution >= 0.6 is 0 Å². The van der Waals surface area contributed by atoms with Gasteiger partial charge in [0.2, 0.25) is 6.79 Å². The molecule has 0 fully saturated rings. The summed E-state index contributed by atoms with van der Waals surface area (Å²) in [5.74, 6) is 1.40. The van der Waals surface area contributed by atoms with Gasteiger partial charge in [0.15, 0.2) is 11.5 Å². The van der Waals surface area contributed by atoms with Crippen LogP contribution in [-0.2, 0) is 0 Å². The lowest BCUT2D eigenvalue weighted by Crippen LogP contribution is -1.96. The first-order valence-electron chi connectivity index (χ1n) is 5.89. The predicted molar refractivity (Wildman–Crippen MR) is 65.4 cm³/mol. The first-order chi connectivity index (χ1) is 8.85. The van der Waals surface area contributed by atoms with Crippen LogP contribution in [0.2, 0.25) is 0 Å². The highest BCUT2D eigenvalue weighted by Gasteiger charge is 2.17. The van der Waals surface area contributed by atoms with Crippen molar-refractivity contribution >= 4 is 0 Å². The van der Waals surface area contributed by atoms with Crippen molar-refractivity contribution in [1.82, 2.24) is 0 Å². The number of fused-ring (bicyclic) bond motifs is 1. The SMILES string of the molecule is [N-]=[N+]=NC(CCCCO)c1ccc2c(c1)OCO2. The normalized spacial score (nSPS) is 14.1. The number of unbranched alkanes of at least 4 members (excludes halogenated alkanes) is 1. The highest BCUT2D eigenvalue weighted by atomic mass is 16.7. The molecule has 1 aromatic carbocycles. The van der Waals surface area contributed by atoms with Crippen molar-refractivity contribution in [2.75, 3.05) is 13.4 Å². The maximum atomic E-state index is 8.77. The molecule has 18 heavy (non-hydrogen) atoms. The number of benzene rings is 1. The third-order valence-electron chi connectivity index (χ3n) is 2.86. The maximum Gasteiger partial charge on any atom is 0.231 e. The van der Waals surface area contributed by atoms with Gasteiger partial charge in [-0.25, -0.2) is 0 Å². The Morgan fingerprint density at radius 3 is 2.94 bits per heavy atom. The predicted octanol–water partition coefficient (Wildman–Crippen LogP) is 2.93. The van der Waals surface area contributed by atoms with Crippen LogP contribution in [0.4, 0.5) is 0 Å². The monoisotopic (exact) mass is 249 g/mol. The Hall–Kier alpha value is -1.91. The molecule has 6 heteroatoms. The summed E-state index contributed by atoms with van der Waals surface area (Å²) in [5.41, 5.74) is 9.51. The lowest BCUT2D eigenvalue weighted by Gasteiger charge is -2.11. The smallest absolute Gasteiger partial charge is 0.231 e. The van der Waals surface area contributed by atoms with Crippen molar-refractivity contribution in [3.8, 4) is 11.5 Å². The van der Waals surface area contributed by atoms with Crippen molar-refractivity contribution in [1.29, 1.82) is 0 Å². The minimum Gasteiger partial charge on any atom is -0.454 e. The number of hydrogen-bond acceptors (Lipinski definition) is 4. The Kier molecular flexibility index (Phi) is 4.28. The molecule has 1 atom stereocenters. The molecule has 0 aromatic heterocycles. The Bertz CT molecular complexity index is 458. The molecule has 96 valence electrons. The highest BCUT2D eigenvalue weighted by molar-refractivity contribution is 5.45. The van der Waals surface area contributed by atoms with E-state index in [1.54, 1.807) is 0 Å². The fourth-order valence-corrected chi connectivity index (χ4v) is 1.92. The number of nitrogens with zero attached hydrogens (tertiary/aromatic N) is 3. The van der Waals surface area contributed by atoms with Crippen molar-refractivity contribution in [2.45, 2.75) is 25.3 Å². The van der Waals surface area contributed by atoms with Gasteiger partial charge in [-0.05, 0) is 36.1 Å². The molecule has 1 aliphatic heterocycles. The minimum atomic E-state index is -0.226. The zero-order valence-corrected chi connectivity index (χ0v) is 9.95. The largest absolute Gasteiger partial charge is 0.454 e. The van der Waals surface area contributed by atoms with E-state index in [-0.39, 0.29) is 19.4 Å². The molecule has 0 saturated carbocycles. The van der Waals surface area contributed by atoms with Gasteiger partial charge in [-0.15, -0.1) is 0 Å². The fourth-order valence-electron chi connectivity index (χ4n) is 1.92. The zero-order chi connectivity index (χ0) is 12.8. The summed E-state index contributed by atoms with van der Waals surface area (Å²) >= 11 is 0. The molecule has 0 saturated heterocycles. The zero-order valence-electron chi connectivity index (χ0n) is 9.95. The van der Waals surface area contributed by atoms with Crippen LogP contribution < -0.4 is 9.47 Å². The van der Waals surface area contributed by atoms with Gasteiger partial charge >= 0.3 is 0 Å². The van der Waals surface area contributed by atoms with E-state index in [4.69, 9.17) is 20.1 Å². The summed E-state index contributed by atoms with van der Waals surface area (Å²) in [6.07, 6.45) is 2.24. The lowest BCUT2D eigenvalue weighted by molar-refractivity contribution is 0.174. The van der Waals surface area contributed by atoms with E-state index in [0.29, 0.717) is 24.3 Å². The molecule has 1 aliphatic rings. The Morgan fingerprint density at radius 2 is 2.17 bits per heavy atom. The Morgan fingerprint density at radius 1 is 1.33 bits per heavy atom. The summed E-state index contributed by atoms with van der Waals surface area (Å²) in [6.45, 7) is 0.389. The van der Waals surface area contributed by atoms with Gasteiger partial charge in [0.25, 0.3) is 0 Å². The first-order valence-corrected chi connectivity index (χ1v) is 5.89. The quantitative estimate of drug-likeness (QED) is 0.364. The van der Waals surface area contributed by atoms with E-state index in [9.17, 15) is 0 Å². The van der Waals surface area contributed by atoms with Crippen molar-refractivity contribution < 1.29 is 14.6 Å². The number of aliphatic hydroxyl groups is 1. The molecule has 2 rings (SSSR count). The van der Waals surface area contributed by atoms with Crippen LogP contribution in [0.1, 0.15) is 30.9 Å². The highest BCUT2D eigenvalue weighted by Crippen LogP contribution is 2.36. The first kappa shape index (κ1) is 12.5. The number of rotatable bonds is 6. The molecule has 1 unspecified atom stereocenters. The molecule has 1 aromatic rings. The number of azide groups is 1. The Balaban J connectivity index is 2.12. The molecule has 1 N–H and O–H groups in total. The second-order valence-corrected chi connectivity index (χ2v) is 4.05. The standard InChI is InChI=1S/C12H15N3O3/c13-15-14-10(3-1-2-6-16)9-4-5-11-12(7-9)18-8-17-11/h4-5,7,10,16H,1-3,6,8H2. The minimum absolute atomic E-state index is 0.157. The summed E-state index contributed by atoms with van der Waals surface area (Å²) in [6, 6.07) is 5.33. The van der Waals surface area contributed by atoms with Crippen LogP contribution in [0.25, 0.3) is 10.4 Å². The molecule has 0 bridgehead atoms. The fraction of sp³-hybridized carbons (Fsp3) is 0.500.